The number of nitrogens with zero attached hydrogens (tertiary/aromatic N) is 1. The van der Waals surface area contributed by atoms with E-state index >= 15 is 0 Å². The monoisotopic (exact) mass is 442 g/mol. The lowest BCUT2D eigenvalue weighted by atomic mass is 9.91. The van der Waals surface area contributed by atoms with Gasteiger partial charge in [-0.25, -0.2) is 0 Å². The van der Waals surface area contributed by atoms with Crippen LogP contribution in [0.1, 0.15) is 33.2 Å². The van der Waals surface area contributed by atoms with Crippen LogP contribution in [-0.2, 0) is 6.42 Å². The number of methoxy groups -OCH3 is 3. The molecular weight excluding hydrogens is 416 g/mol. The van der Waals surface area contributed by atoms with Gasteiger partial charge in [-0.3, -0.25) is 4.79 Å². The largest absolute Gasteiger partial charge is 0.493 e. The highest BCUT2D eigenvalue weighted by Crippen LogP contribution is 2.42. The zero-order valence-electron chi connectivity index (χ0n) is 18.9. The van der Waals surface area contributed by atoms with Crippen LogP contribution in [0.25, 0.3) is 10.9 Å². The van der Waals surface area contributed by atoms with Crippen LogP contribution >= 0.6 is 0 Å². The maximum absolute atomic E-state index is 13.9. The summed E-state index contributed by atoms with van der Waals surface area (Å²) in [7, 11) is 4.65. The van der Waals surface area contributed by atoms with Gasteiger partial charge >= 0.3 is 0 Å². The number of ether oxygens (including phenoxy) is 3. The van der Waals surface area contributed by atoms with Crippen molar-refractivity contribution >= 4 is 16.8 Å². The molecule has 0 saturated heterocycles. The van der Waals surface area contributed by atoms with Crippen LogP contribution < -0.4 is 14.2 Å². The molecule has 6 nitrogen and oxygen atoms in total. The van der Waals surface area contributed by atoms with E-state index < -0.39 is 0 Å². The average molecular weight is 443 g/mol. The van der Waals surface area contributed by atoms with Crippen LogP contribution in [0.4, 0.5) is 0 Å². The number of hydrogen-bond acceptors (Lipinski definition) is 4. The summed E-state index contributed by atoms with van der Waals surface area (Å²) in [4.78, 5) is 19.4. The molecule has 6 heteroatoms. The predicted octanol–water partition coefficient (Wildman–Crippen LogP) is 4.98. The molecule has 0 aliphatic carbocycles. The normalized spacial score (nSPS) is 15.2. The Hall–Kier alpha value is -3.93. The molecule has 0 bridgehead atoms. The Morgan fingerprint density at radius 2 is 1.58 bits per heavy atom. The lowest BCUT2D eigenvalue weighted by Gasteiger charge is -2.36. The lowest BCUT2D eigenvalue weighted by molar-refractivity contribution is 0.0691. The van der Waals surface area contributed by atoms with Crippen molar-refractivity contribution in [2.75, 3.05) is 27.9 Å². The first-order chi connectivity index (χ1) is 16.2. The van der Waals surface area contributed by atoms with Gasteiger partial charge in [0.25, 0.3) is 5.91 Å². The average Bonchev–Trinajstić information content (AvgIpc) is 3.26. The first-order valence-corrected chi connectivity index (χ1v) is 10.9. The number of nitrogens with one attached hydrogen (secondary N) is 1. The molecule has 0 spiro atoms. The minimum absolute atomic E-state index is 0.0904. The molecule has 0 radical (unpaired) electrons. The van der Waals surface area contributed by atoms with E-state index in [4.69, 9.17) is 14.2 Å². The fourth-order valence-corrected chi connectivity index (χ4v) is 4.81. The maximum atomic E-state index is 13.9. The summed E-state index contributed by atoms with van der Waals surface area (Å²) in [6.45, 7) is 0.601. The number of carbonyl (C=O) groups excluding carboxylic acids is 1. The highest BCUT2D eigenvalue weighted by atomic mass is 16.5. The van der Waals surface area contributed by atoms with E-state index in [0.29, 0.717) is 29.4 Å². The molecule has 1 aliphatic rings. The van der Waals surface area contributed by atoms with Crippen LogP contribution in [-0.4, -0.2) is 43.7 Å². The molecule has 2 heterocycles. The number of aromatic nitrogens is 1. The number of fused-ring (bicyclic) bond motifs is 3. The molecule has 0 fully saturated rings. The number of rotatable bonds is 5. The summed E-state index contributed by atoms with van der Waals surface area (Å²) < 4.78 is 16.4. The molecule has 1 unspecified atom stereocenters. The Kier molecular flexibility index (Phi) is 5.42. The van der Waals surface area contributed by atoms with E-state index in [1.54, 1.807) is 33.5 Å². The highest BCUT2D eigenvalue weighted by molar-refractivity contribution is 5.97. The predicted molar refractivity (Wildman–Crippen MR) is 127 cm³/mol. The Morgan fingerprint density at radius 3 is 2.24 bits per heavy atom. The fraction of sp³-hybridized carbons (Fsp3) is 0.222. The lowest BCUT2D eigenvalue weighted by Crippen LogP contribution is -2.40. The second-order valence-corrected chi connectivity index (χ2v) is 8.04. The van der Waals surface area contributed by atoms with E-state index in [2.05, 4.69) is 35.3 Å². The van der Waals surface area contributed by atoms with Gasteiger partial charge in [0.05, 0.1) is 27.4 Å². The van der Waals surface area contributed by atoms with E-state index in [1.165, 1.54) is 10.9 Å². The zero-order valence-corrected chi connectivity index (χ0v) is 18.9. The van der Waals surface area contributed by atoms with Gasteiger partial charge in [-0.05, 0) is 35.7 Å². The van der Waals surface area contributed by atoms with Gasteiger partial charge in [0, 0.05) is 28.7 Å². The SMILES string of the molecule is COc1cc(C(=O)N2CCc3c([nH]c4ccccc34)C2c2ccccc2)cc(OC)c1OC. The minimum Gasteiger partial charge on any atom is -0.493 e. The van der Waals surface area contributed by atoms with Crippen LogP contribution in [0.3, 0.4) is 0 Å². The van der Waals surface area contributed by atoms with E-state index in [9.17, 15) is 4.79 Å². The van der Waals surface area contributed by atoms with Gasteiger partial charge in [-0.15, -0.1) is 0 Å². The Balaban J connectivity index is 1.64. The summed E-state index contributed by atoms with van der Waals surface area (Å²) in [5, 5.41) is 1.22. The van der Waals surface area contributed by atoms with Crippen LogP contribution in [0.5, 0.6) is 17.2 Å². The molecule has 0 saturated carbocycles. The molecule has 1 N–H and O–H groups in total. The number of hydrogen-bond donors (Lipinski definition) is 1. The molecule has 1 aliphatic heterocycles. The van der Waals surface area contributed by atoms with Gasteiger partial charge < -0.3 is 24.1 Å². The van der Waals surface area contributed by atoms with Crippen LogP contribution in [0.2, 0.25) is 0 Å². The number of benzene rings is 3. The van der Waals surface area contributed by atoms with Gasteiger partial charge in [0.1, 0.15) is 0 Å². The summed E-state index contributed by atoms with van der Waals surface area (Å²) >= 11 is 0. The van der Waals surface area contributed by atoms with E-state index in [-0.39, 0.29) is 11.9 Å². The highest BCUT2D eigenvalue weighted by Gasteiger charge is 2.35. The molecule has 1 atom stereocenters. The Bertz CT molecular complexity index is 1290. The fourth-order valence-electron chi connectivity index (χ4n) is 4.81. The van der Waals surface area contributed by atoms with Gasteiger partial charge in [-0.1, -0.05) is 48.5 Å². The third kappa shape index (κ3) is 3.48. The molecule has 1 amide bonds. The van der Waals surface area contributed by atoms with Crippen molar-refractivity contribution in [1.82, 2.24) is 9.88 Å². The summed E-state index contributed by atoms with van der Waals surface area (Å²) in [5.41, 5.74) is 4.98. The van der Waals surface area contributed by atoms with Gasteiger partial charge in [-0.2, -0.15) is 0 Å². The molecule has 3 aromatic carbocycles. The van der Waals surface area contributed by atoms with Crippen molar-refractivity contribution in [3.05, 3.63) is 89.1 Å². The van der Waals surface area contributed by atoms with Crippen molar-refractivity contribution in [3.63, 3.8) is 0 Å². The molecule has 1 aromatic heterocycles. The van der Waals surface area contributed by atoms with Crippen molar-refractivity contribution in [3.8, 4) is 17.2 Å². The van der Waals surface area contributed by atoms with Crippen molar-refractivity contribution in [2.45, 2.75) is 12.5 Å². The summed E-state index contributed by atoms with van der Waals surface area (Å²) in [6.07, 6.45) is 0.777. The quantitative estimate of drug-likeness (QED) is 0.473. The maximum Gasteiger partial charge on any atom is 0.254 e. The number of aromatic amines is 1. The second kappa shape index (κ2) is 8.54. The van der Waals surface area contributed by atoms with Gasteiger partial charge in [0.15, 0.2) is 11.5 Å². The molecule has 33 heavy (non-hydrogen) atoms. The molecule has 168 valence electrons. The van der Waals surface area contributed by atoms with Crippen LogP contribution in [0.15, 0.2) is 66.7 Å². The Morgan fingerprint density at radius 1 is 0.909 bits per heavy atom. The topological polar surface area (TPSA) is 63.8 Å². The van der Waals surface area contributed by atoms with Gasteiger partial charge in [0.2, 0.25) is 5.75 Å². The molecule has 4 aromatic rings. The Labute approximate surface area is 192 Å². The van der Waals surface area contributed by atoms with Crippen molar-refractivity contribution in [2.24, 2.45) is 0 Å². The third-order valence-electron chi connectivity index (χ3n) is 6.32. The number of amides is 1. The molecule has 5 rings (SSSR count). The standard InChI is InChI=1S/C27H26N2O4/c1-31-22-15-18(16-23(32-2)26(22)33-3)27(30)29-14-13-20-19-11-7-8-12-21(19)28-24(20)25(29)17-9-5-4-6-10-17/h4-12,15-16,25,28H,13-14H2,1-3H3. The van der Waals surface area contributed by atoms with Crippen LogP contribution in [0, 0.1) is 0 Å². The number of carbonyl (C=O) groups is 1. The number of para-hydroxylation sites is 1. The van der Waals surface area contributed by atoms with Crippen molar-refractivity contribution < 1.29 is 19.0 Å². The first kappa shape index (κ1) is 20.9. The zero-order chi connectivity index (χ0) is 22.9. The van der Waals surface area contributed by atoms with Crippen molar-refractivity contribution in [1.29, 1.82) is 0 Å². The first-order valence-electron chi connectivity index (χ1n) is 10.9. The van der Waals surface area contributed by atoms with E-state index in [1.807, 2.05) is 29.2 Å². The summed E-state index contributed by atoms with van der Waals surface area (Å²) in [5.74, 6) is 1.29. The minimum atomic E-state index is -0.228. The molecular formula is C27H26N2O4. The smallest absolute Gasteiger partial charge is 0.254 e. The number of H-pyrrole nitrogens is 1. The second-order valence-electron chi connectivity index (χ2n) is 8.04. The third-order valence-corrected chi connectivity index (χ3v) is 6.32. The summed E-state index contributed by atoms with van der Waals surface area (Å²) in [6, 6.07) is 21.7. The van der Waals surface area contributed by atoms with E-state index in [0.717, 1.165) is 23.2 Å².